The summed E-state index contributed by atoms with van der Waals surface area (Å²) in [5.41, 5.74) is 1.68. The summed E-state index contributed by atoms with van der Waals surface area (Å²) < 4.78 is 0. The molecule has 0 unspecified atom stereocenters. The van der Waals surface area contributed by atoms with Crippen molar-refractivity contribution in [3.63, 3.8) is 0 Å². The van der Waals surface area contributed by atoms with Gasteiger partial charge in [-0.2, -0.15) is 0 Å². The molecule has 20 heavy (non-hydrogen) atoms. The summed E-state index contributed by atoms with van der Waals surface area (Å²) in [5.74, 6) is -0.147. The van der Waals surface area contributed by atoms with Gasteiger partial charge in [-0.25, -0.2) is 0 Å². The Morgan fingerprint density at radius 2 is 2.10 bits per heavy atom. The van der Waals surface area contributed by atoms with Gasteiger partial charge in [0.2, 0.25) is 5.13 Å². The molecule has 0 bridgehead atoms. The summed E-state index contributed by atoms with van der Waals surface area (Å²) in [6.07, 6.45) is 0.980. The maximum Gasteiger partial charge on any atom is 0.257 e. The molecule has 0 aliphatic rings. The van der Waals surface area contributed by atoms with E-state index in [9.17, 15) is 4.79 Å². The lowest BCUT2D eigenvalue weighted by Crippen LogP contribution is -2.14. The van der Waals surface area contributed by atoms with Crippen molar-refractivity contribution in [1.82, 2.24) is 10.2 Å². The van der Waals surface area contributed by atoms with Crippen molar-refractivity contribution in [2.24, 2.45) is 0 Å². The van der Waals surface area contributed by atoms with Crippen LogP contribution in [0.25, 0.3) is 0 Å². The maximum atomic E-state index is 12.1. The number of amides is 1. The molecule has 1 aromatic heterocycles. The van der Waals surface area contributed by atoms with Gasteiger partial charge in [-0.15, -0.1) is 10.2 Å². The van der Waals surface area contributed by atoms with Crippen molar-refractivity contribution in [3.8, 4) is 0 Å². The highest BCUT2D eigenvalue weighted by Crippen LogP contribution is 2.31. The number of anilines is 1. The third-order valence-corrected chi connectivity index (χ3v) is 4.59. The second-order valence-corrected chi connectivity index (χ2v) is 6.45. The van der Waals surface area contributed by atoms with E-state index in [1.54, 1.807) is 6.07 Å². The Hall–Kier alpha value is -1.75. The summed E-state index contributed by atoms with van der Waals surface area (Å²) in [6.45, 7) is 8.33. The van der Waals surface area contributed by atoms with E-state index in [1.165, 1.54) is 11.3 Å². The fourth-order valence-electron chi connectivity index (χ4n) is 1.65. The van der Waals surface area contributed by atoms with Gasteiger partial charge in [0.1, 0.15) is 5.01 Å². The third-order valence-electron chi connectivity index (χ3n) is 3.39. The van der Waals surface area contributed by atoms with Gasteiger partial charge in [0.05, 0.1) is 0 Å². The van der Waals surface area contributed by atoms with Crippen LogP contribution in [0.3, 0.4) is 0 Å². The van der Waals surface area contributed by atoms with Crippen molar-refractivity contribution < 1.29 is 4.79 Å². The summed E-state index contributed by atoms with van der Waals surface area (Å²) in [7, 11) is 0. The number of hydrogen-bond donors (Lipinski definition) is 1. The average molecular weight is 289 g/mol. The van der Waals surface area contributed by atoms with Crippen LogP contribution < -0.4 is 5.32 Å². The fourth-order valence-corrected chi connectivity index (χ4v) is 2.56. The number of nitrogens with one attached hydrogen (secondary N) is 1. The van der Waals surface area contributed by atoms with E-state index in [1.807, 2.05) is 25.1 Å². The van der Waals surface area contributed by atoms with Crippen LogP contribution in [0.2, 0.25) is 0 Å². The minimum Gasteiger partial charge on any atom is -0.296 e. The zero-order valence-electron chi connectivity index (χ0n) is 12.2. The Kier molecular flexibility index (Phi) is 4.18. The lowest BCUT2D eigenvalue weighted by atomic mass is 9.91. The lowest BCUT2D eigenvalue weighted by molar-refractivity contribution is 0.102. The molecule has 0 atom stereocenters. The van der Waals surface area contributed by atoms with Gasteiger partial charge in [-0.3, -0.25) is 10.1 Å². The number of hydrogen-bond acceptors (Lipinski definition) is 4. The van der Waals surface area contributed by atoms with Gasteiger partial charge in [0.15, 0.2) is 0 Å². The molecule has 1 heterocycles. The highest BCUT2D eigenvalue weighted by atomic mass is 32.1. The number of carbonyl (C=O) groups is 1. The molecule has 2 rings (SSSR count). The second kappa shape index (κ2) is 5.71. The normalized spacial score (nSPS) is 11.4. The predicted octanol–water partition coefficient (Wildman–Crippen LogP) is 3.79. The van der Waals surface area contributed by atoms with Crippen molar-refractivity contribution in [2.75, 3.05) is 5.32 Å². The molecule has 0 radical (unpaired) electrons. The minimum absolute atomic E-state index is 0.00994. The summed E-state index contributed by atoms with van der Waals surface area (Å²) in [4.78, 5) is 12.1. The van der Waals surface area contributed by atoms with Gasteiger partial charge in [0, 0.05) is 11.0 Å². The Morgan fingerprint density at radius 3 is 2.75 bits per heavy atom. The molecule has 4 nitrogen and oxygen atoms in total. The average Bonchev–Trinajstić information content (AvgIpc) is 2.88. The van der Waals surface area contributed by atoms with E-state index in [2.05, 4.69) is 36.3 Å². The van der Waals surface area contributed by atoms with E-state index >= 15 is 0 Å². The molecule has 0 spiro atoms. The molecule has 106 valence electrons. The number of nitrogens with zero attached hydrogens (tertiary/aromatic N) is 2. The number of carbonyl (C=O) groups excluding carboxylic acids is 1. The van der Waals surface area contributed by atoms with E-state index in [0.717, 1.165) is 17.0 Å². The highest BCUT2D eigenvalue weighted by molar-refractivity contribution is 7.15. The molecule has 2 aromatic rings. The zero-order valence-corrected chi connectivity index (χ0v) is 13.0. The van der Waals surface area contributed by atoms with Crippen LogP contribution in [0, 0.1) is 6.92 Å². The van der Waals surface area contributed by atoms with Crippen LogP contribution in [0.5, 0.6) is 0 Å². The van der Waals surface area contributed by atoms with Crippen LogP contribution in [-0.2, 0) is 5.41 Å². The third kappa shape index (κ3) is 3.22. The monoisotopic (exact) mass is 289 g/mol. The SMILES string of the molecule is CCC(C)(C)c1nnc(NC(=O)c2cccc(C)c2)s1. The molecule has 0 fully saturated rings. The largest absolute Gasteiger partial charge is 0.296 e. The lowest BCUT2D eigenvalue weighted by Gasteiger charge is -2.17. The van der Waals surface area contributed by atoms with Crippen LogP contribution in [-0.4, -0.2) is 16.1 Å². The van der Waals surface area contributed by atoms with Gasteiger partial charge in [-0.1, -0.05) is 49.8 Å². The maximum absolute atomic E-state index is 12.1. The van der Waals surface area contributed by atoms with Gasteiger partial charge >= 0.3 is 0 Å². The first-order valence-electron chi connectivity index (χ1n) is 6.64. The minimum atomic E-state index is -0.147. The molecule has 5 heteroatoms. The second-order valence-electron chi connectivity index (χ2n) is 5.47. The topological polar surface area (TPSA) is 54.9 Å². The van der Waals surface area contributed by atoms with Crippen molar-refractivity contribution >= 4 is 22.4 Å². The molecule has 1 aromatic carbocycles. The van der Waals surface area contributed by atoms with E-state index in [0.29, 0.717) is 10.7 Å². The van der Waals surface area contributed by atoms with Crippen molar-refractivity contribution in [3.05, 3.63) is 40.4 Å². The van der Waals surface area contributed by atoms with E-state index < -0.39 is 0 Å². The predicted molar refractivity (Wildman–Crippen MR) is 82.4 cm³/mol. The quantitative estimate of drug-likeness (QED) is 0.931. The fraction of sp³-hybridized carbons (Fsp3) is 0.400. The van der Waals surface area contributed by atoms with Gasteiger partial charge in [-0.05, 0) is 25.5 Å². The van der Waals surface area contributed by atoms with Crippen LogP contribution in [0.15, 0.2) is 24.3 Å². The van der Waals surface area contributed by atoms with E-state index in [4.69, 9.17) is 0 Å². The van der Waals surface area contributed by atoms with Gasteiger partial charge in [0.25, 0.3) is 5.91 Å². The molecular weight excluding hydrogens is 270 g/mol. The Morgan fingerprint density at radius 1 is 1.35 bits per heavy atom. The standard InChI is InChI=1S/C15H19N3OS/c1-5-15(3,4)13-17-18-14(20-13)16-12(19)11-8-6-7-10(2)9-11/h6-9H,5H2,1-4H3,(H,16,18,19). The summed E-state index contributed by atoms with van der Waals surface area (Å²) >= 11 is 1.44. The number of aryl methyl sites for hydroxylation is 1. The molecule has 0 saturated heterocycles. The molecule has 0 aliphatic heterocycles. The van der Waals surface area contributed by atoms with Crippen molar-refractivity contribution in [1.29, 1.82) is 0 Å². The Labute approximate surface area is 123 Å². The molecule has 1 N–H and O–H groups in total. The zero-order chi connectivity index (χ0) is 14.8. The molecule has 1 amide bonds. The molecule has 0 aliphatic carbocycles. The Balaban J connectivity index is 2.13. The van der Waals surface area contributed by atoms with Crippen molar-refractivity contribution in [2.45, 2.75) is 39.5 Å². The number of benzene rings is 1. The first-order chi connectivity index (χ1) is 9.42. The molecule has 0 saturated carbocycles. The molecular formula is C15H19N3OS. The van der Waals surface area contributed by atoms with Crippen LogP contribution >= 0.6 is 11.3 Å². The first-order valence-corrected chi connectivity index (χ1v) is 7.46. The van der Waals surface area contributed by atoms with E-state index in [-0.39, 0.29) is 11.3 Å². The Bertz CT molecular complexity index is 619. The van der Waals surface area contributed by atoms with Crippen LogP contribution in [0.1, 0.15) is 48.1 Å². The first kappa shape index (κ1) is 14.7. The summed E-state index contributed by atoms with van der Waals surface area (Å²) in [6, 6.07) is 7.48. The number of rotatable bonds is 4. The highest BCUT2D eigenvalue weighted by Gasteiger charge is 2.23. The van der Waals surface area contributed by atoms with Gasteiger partial charge < -0.3 is 0 Å². The summed E-state index contributed by atoms with van der Waals surface area (Å²) in [5, 5.41) is 12.5. The smallest absolute Gasteiger partial charge is 0.257 e. The van der Waals surface area contributed by atoms with Crippen LogP contribution in [0.4, 0.5) is 5.13 Å². The number of aromatic nitrogens is 2.